The fourth-order valence-electron chi connectivity index (χ4n) is 3.58. The minimum Gasteiger partial charge on any atom is -0.379 e. The molecule has 3 heterocycles. The SMILES string of the molecule is Cc1cc(NCCCN2CCOCC2)n2nc(-c3ccccc3)c(C)c2n1. The highest BCUT2D eigenvalue weighted by molar-refractivity contribution is 5.71. The summed E-state index contributed by atoms with van der Waals surface area (Å²) in [5, 5.41) is 8.42. The lowest BCUT2D eigenvalue weighted by molar-refractivity contribution is 0.0378. The van der Waals surface area contributed by atoms with Crippen molar-refractivity contribution in [2.75, 3.05) is 44.7 Å². The normalized spacial score (nSPS) is 15.3. The Morgan fingerprint density at radius 3 is 2.67 bits per heavy atom. The number of nitrogens with zero attached hydrogens (tertiary/aromatic N) is 4. The van der Waals surface area contributed by atoms with Crippen LogP contribution in [0.3, 0.4) is 0 Å². The summed E-state index contributed by atoms with van der Waals surface area (Å²) in [6, 6.07) is 12.4. The van der Waals surface area contributed by atoms with Gasteiger partial charge in [0.25, 0.3) is 0 Å². The van der Waals surface area contributed by atoms with Gasteiger partial charge in [0.1, 0.15) is 5.82 Å². The van der Waals surface area contributed by atoms with E-state index < -0.39 is 0 Å². The van der Waals surface area contributed by atoms with Crippen molar-refractivity contribution in [3.8, 4) is 11.3 Å². The Bertz CT molecular complexity index is 900. The van der Waals surface area contributed by atoms with Gasteiger partial charge in [-0.05, 0) is 26.8 Å². The van der Waals surface area contributed by atoms with Crippen molar-refractivity contribution in [1.82, 2.24) is 19.5 Å². The molecule has 0 bridgehead atoms. The zero-order valence-corrected chi connectivity index (χ0v) is 16.1. The number of ether oxygens (including phenoxy) is 1. The fourth-order valence-corrected chi connectivity index (χ4v) is 3.58. The van der Waals surface area contributed by atoms with Gasteiger partial charge in [-0.2, -0.15) is 9.61 Å². The van der Waals surface area contributed by atoms with Crippen LogP contribution in [0.4, 0.5) is 5.82 Å². The van der Waals surface area contributed by atoms with Crippen LogP contribution in [0.2, 0.25) is 0 Å². The Balaban J connectivity index is 1.52. The van der Waals surface area contributed by atoms with Gasteiger partial charge in [-0.3, -0.25) is 4.90 Å². The van der Waals surface area contributed by atoms with Crippen LogP contribution in [-0.4, -0.2) is 58.9 Å². The van der Waals surface area contributed by atoms with Crippen LogP contribution in [0.1, 0.15) is 17.7 Å². The zero-order valence-electron chi connectivity index (χ0n) is 16.1. The lowest BCUT2D eigenvalue weighted by atomic mass is 10.1. The molecule has 0 amide bonds. The van der Waals surface area contributed by atoms with Crippen molar-refractivity contribution < 1.29 is 4.74 Å². The van der Waals surface area contributed by atoms with Crippen LogP contribution >= 0.6 is 0 Å². The van der Waals surface area contributed by atoms with Gasteiger partial charge in [0.2, 0.25) is 0 Å². The first kappa shape index (κ1) is 17.9. The van der Waals surface area contributed by atoms with Gasteiger partial charge in [0.05, 0.1) is 18.9 Å². The summed E-state index contributed by atoms with van der Waals surface area (Å²) < 4.78 is 7.35. The monoisotopic (exact) mass is 365 g/mol. The third-order valence-corrected chi connectivity index (χ3v) is 5.06. The number of morpholine rings is 1. The standard InChI is InChI=1S/C21H27N5O/c1-16-15-19(22-9-6-10-25-11-13-27-14-12-25)26-21(23-16)17(2)20(24-26)18-7-4-3-5-8-18/h3-5,7-8,15,22H,6,9-14H2,1-2H3. The predicted molar refractivity (Wildman–Crippen MR) is 108 cm³/mol. The van der Waals surface area contributed by atoms with Crippen LogP contribution in [0, 0.1) is 13.8 Å². The Morgan fingerprint density at radius 1 is 1.11 bits per heavy atom. The summed E-state index contributed by atoms with van der Waals surface area (Å²) in [5.41, 5.74) is 5.15. The van der Waals surface area contributed by atoms with E-state index in [4.69, 9.17) is 14.8 Å². The molecule has 1 aliphatic rings. The molecule has 6 nitrogen and oxygen atoms in total. The van der Waals surface area contributed by atoms with Gasteiger partial charge in [-0.1, -0.05) is 30.3 Å². The highest BCUT2D eigenvalue weighted by Crippen LogP contribution is 2.26. The molecule has 0 radical (unpaired) electrons. The topological polar surface area (TPSA) is 54.7 Å². The number of aromatic nitrogens is 3. The van der Waals surface area contributed by atoms with Crippen molar-refractivity contribution in [3.63, 3.8) is 0 Å². The summed E-state index contributed by atoms with van der Waals surface area (Å²) in [4.78, 5) is 7.18. The fraction of sp³-hybridized carbons (Fsp3) is 0.429. The van der Waals surface area contributed by atoms with E-state index in [1.54, 1.807) is 0 Å². The molecule has 0 atom stereocenters. The summed E-state index contributed by atoms with van der Waals surface area (Å²) in [6.45, 7) is 9.92. The second-order valence-electron chi connectivity index (χ2n) is 7.09. The molecule has 1 fully saturated rings. The lowest BCUT2D eigenvalue weighted by Crippen LogP contribution is -2.37. The van der Waals surface area contributed by atoms with Crippen LogP contribution in [0.5, 0.6) is 0 Å². The van der Waals surface area contributed by atoms with Crippen molar-refractivity contribution in [1.29, 1.82) is 0 Å². The molecular formula is C21H27N5O. The van der Waals surface area contributed by atoms with E-state index >= 15 is 0 Å². The number of anilines is 1. The maximum atomic E-state index is 5.41. The second-order valence-corrected chi connectivity index (χ2v) is 7.09. The molecule has 0 spiro atoms. The summed E-state index contributed by atoms with van der Waals surface area (Å²) >= 11 is 0. The number of benzene rings is 1. The number of fused-ring (bicyclic) bond motifs is 1. The summed E-state index contributed by atoms with van der Waals surface area (Å²) in [5.74, 6) is 1.00. The molecule has 142 valence electrons. The van der Waals surface area contributed by atoms with Gasteiger partial charge >= 0.3 is 0 Å². The maximum absolute atomic E-state index is 5.41. The molecule has 0 aliphatic carbocycles. The van der Waals surface area contributed by atoms with E-state index in [0.29, 0.717) is 0 Å². The Morgan fingerprint density at radius 2 is 1.89 bits per heavy atom. The first-order valence-electron chi connectivity index (χ1n) is 9.69. The van der Waals surface area contributed by atoms with Crippen LogP contribution in [0.15, 0.2) is 36.4 Å². The first-order chi connectivity index (χ1) is 13.2. The summed E-state index contributed by atoms with van der Waals surface area (Å²) in [6.07, 6.45) is 1.09. The molecule has 1 saturated heterocycles. The van der Waals surface area contributed by atoms with E-state index in [9.17, 15) is 0 Å². The van der Waals surface area contributed by atoms with E-state index in [1.165, 1.54) is 0 Å². The highest BCUT2D eigenvalue weighted by Gasteiger charge is 2.15. The van der Waals surface area contributed by atoms with Crippen molar-refractivity contribution >= 4 is 11.5 Å². The van der Waals surface area contributed by atoms with Crippen LogP contribution in [-0.2, 0) is 4.74 Å². The number of hydrogen-bond acceptors (Lipinski definition) is 5. The lowest BCUT2D eigenvalue weighted by Gasteiger charge is -2.26. The minimum atomic E-state index is 0.854. The first-order valence-corrected chi connectivity index (χ1v) is 9.69. The van der Waals surface area contributed by atoms with E-state index in [-0.39, 0.29) is 0 Å². The molecule has 6 heteroatoms. The van der Waals surface area contributed by atoms with Gasteiger partial charge in [0, 0.05) is 42.5 Å². The van der Waals surface area contributed by atoms with Crippen LogP contribution < -0.4 is 5.32 Å². The number of aryl methyl sites for hydroxylation is 2. The van der Waals surface area contributed by atoms with E-state index in [1.807, 2.05) is 29.6 Å². The van der Waals surface area contributed by atoms with Gasteiger partial charge in [-0.15, -0.1) is 0 Å². The Hall–Kier alpha value is -2.44. The number of nitrogens with one attached hydrogen (secondary N) is 1. The third-order valence-electron chi connectivity index (χ3n) is 5.06. The minimum absolute atomic E-state index is 0.854. The van der Waals surface area contributed by atoms with E-state index in [0.717, 1.165) is 79.8 Å². The van der Waals surface area contributed by atoms with Crippen molar-refractivity contribution in [2.45, 2.75) is 20.3 Å². The maximum Gasteiger partial charge on any atom is 0.161 e. The van der Waals surface area contributed by atoms with Crippen molar-refractivity contribution in [2.24, 2.45) is 0 Å². The van der Waals surface area contributed by atoms with Gasteiger partial charge in [-0.25, -0.2) is 4.98 Å². The zero-order chi connectivity index (χ0) is 18.6. The van der Waals surface area contributed by atoms with E-state index in [2.05, 4.69) is 35.3 Å². The molecular weight excluding hydrogens is 338 g/mol. The van der Waals surface area contributed by atoms with Gasteiger partial charge < -0.3 is 10.1 Å². The Labute approximate surface area is 160 Å². The molecule has 1 aromatic carbocycles. The average Bonchev–Trinajstić information content (AvgIpc) is 3.03. The second kappa shape index (κ2) is 8.06. The predicted octanol–water partition coefficient (Wildman–Crippen LogP) is 3.15. The molecule has 0 saturated carbocycles. The molecule has 4 rings (SSSR count). The molecule has 2 aromatic heterocycles. The summed E-state index contributed by atoms with van der Waals surface area (Å²) in [7, 11) is 0. The molecule has 1 N–H and O–H groups in total. The Kier molecular flexibility index (Phi) is 5.36. The third kappa shape index (κ3) is 3.96. The quantitative estimate of drug-likeness (QED) is 0.680. The van der Waals surface area contributed by atoms with Crippen LogP contribution in [0.25, 0.3) is 16.9 Å². The van der Waals surface area contributed by atoms with Crippen molar-refractivity contribution in [3.05, 3.63) is 47.7 Å². The number of rotatable bonds is 6. The molecule has 1 aliphatic heterocycles. The highest BCUT2D eigenvalue weighted by atomic mass is 16.5. The molecule has 27 heavy (non-hydrogen) atoms. The largest absolute Gasteiger partial charge is 0.379 e. The molecule has 3 aromatic rings. The van der Waals surface area contributed by atoms with Gasteiger partial charge in [0.15, 0.2) is 5.65 Å². The smallest absolute Gasteiger partial charge is 0.161 e. The molecule has 0 unspecified atom stereocenters. The average molecular weight is 365 g/mol. The number of hydrogen-bond donors (Lipinski definition) is 1.